The number of rotatable bonds is 5. The van der Waals surface area contributed by atoms with Crippen LogP contribution in [0.4, 0.5) is 9.59 Å². The van der Waals surface area contributed by atoms with Gasteiger partial charge in [-0.2, -0.15) is 0 Å². The van der Waals surface area contributed by atoms with E-state index in [0.29, 0.717) is 18.9 Å². The highest BCUT2D eigenvalue weighted by Crippen LogP contribution is 2.63. The summed E-state index contributed by atoms with van der Waals surface area (Å²) in [6, 6.07) is 8.87. The molecule has 8 heteroatoms. The van der Waals surface area contributed by atoms with E-state index in [2.05, 4.69) is 5.32 Å². The van der Waals surface area contributed by atoms with Gasteiger partial charge < -0.3 is 25.8 Å². The van der Waals surface area contributed by atoms with E-state index in [0.717, 1.165) is 37.7 Å². The molecule has 5 aliphatic rings. The van der Waals surface area contributed by atoms with Crippen molar-refractivity contribution >= 4 is 18.1 Å². The molecule has 0 radical (unpaired) electrons. The number of primary amides is 1. The van der Waals surface area contributed by atoms with Crippen molar-refractivity contribution in [1.29, 1.82) is 0 Å². The van der Waals surface area contributed by atoms with Crippen LogP contribution in [-0.4, -0.2) is 46.7 Å². The quantitative estimate of drug-likeness (QED) is 0.648. The molecule has 4 N–H and O–H groups in total. The van der Waals surface area contributed by atoms with Crippen LogP contribution in [0.1, 0.15) is 44.1 Å². The van der Waals surface area contributed by atoms with E-state index in [1.165, 1.54) is 4.90 Å². The smallest absolute Gasteiger partial charge is 0.407 e. The van der Waals surface area contributed by atoms with Crippen LogP contribution in [0.15, 0.2) is 30.3 Å². The van der Waals surface area contributed by atoms with Crippen LogP contribution < -0.4 is 11.1 Å². The molecule has 4 unspecified atom stereocenters. The maximum absolute atomic E-state index is 12.6. The van der Waals surface area contributed by atoms with Crippen LogP contribution in [0.25, 0.3) is 0 Å². The van der Waals surface area contributed by atoms with Crippen LogP contribution in [0.3, 0.4) is 0 Å². The molecule has 0 spiro atoms. The van der Waals surface area contributed by atoms with Crippen LogP contribution in [0.5, 0.6) is 0 Å². The van der Waals surface area contributed by atoms with E-state index in [-0.39, 0.29) is 42.4 Å². The number of nitrogens with one attached hydrogen (secondary N) is 1. The van der Waals surface area contributed by atoms with Crippen molar-refractivity contribution in [3.63, 3.8) is 0 Å². The van der Waals surface area contributed by atoms with Crippen LogP contribution in [0.2, 0.25) is 0 Å². The average molecular weight is 442 g/mol. The number of carbonyl (C=O) groups excluding carboxylic acids is 2. The van der Waals surface area contributed by atoms with Crippen molar-refractivity contribution in [3.05, 3.63) is 35.9 Å². The van der Waals surface area contributed by atoms with Crippen molar-refractivity contribution in [3.8, 4) is 0 Å². The third-order valence-electron chi connectivity index (χ3n) is 8.48. The lowest BCUT2D eigenvalue weighted by atomic mass is 9.44. The SMILES string of the molecule is NC(=O)C12CC3CC(C1)C(C1C(NC(=O)OCc4ccccc4)CCN1C(=O)O)C(C3)C2. The second-order valence-electron chi connectivity index (χ2n) is 10.3. The maximum atomic E-state index is 12.6. The van der Waals surface area contributed by atoms with Crippen molar-refractivity contribution < 1.29 is 24.2 Å². The topological polar surface area (TPSA) is 122 Å². The Bertz CT molecular complexity index is 890. The van der Waals surface area contributed by atoms with Crippen LogP contribution in [0, 0.1) is 29.1 Å². The van der Waals surface area contributed by atoms with E-state index in [1.54, 1.807) is 0 Å². The van der Waals surface area contributed by atoms with Gasteiger partial charge in [-0.25, -0.2) is 9.59 Å². The number of carboxylic acid groups (broad SMARTS) is 1. The Morgan fingerprint density at radius 2 is 1.81 bits per heavy atom. The van der Waals surface area contributed by atoms with Crippen LogP contribution in [-0.2, 0) is 16.1 Å². The standard InChI is InChI=1S/C24H31N3O5/c25-21(28)24-10-15-8-16(11-24)19(17(9-15)12-24)20-18(6-7-27(20)23(30)31)26-22(29)32-13-14-4-2-1-3-5-14/h1-5,15-20H,6-13H2,(H2,25,28)(H,26,29)(H,30,31). The molecular formula is C24H31N3O5. The minimum Gasteiger partial charge on any atom is -0.465 e. The van der Waals surface area contributed by atoms with Gasteiger partial charge in [-0.05, 0) is 67.8 Å². The Balaban J connectivity index is 1.32. The first-order chi connectivity index (χ1) is 15.4. The van der Waals surface area contributed by atoms with Crippen LogP contribution >= 0.6 is 0 Å². The van der Waals surface area contributed by atoms with E-state index in [4.69, 9.17) is 10.5 Å². The summed E-state index contributed by atoms with van der Waals surface area (Å²) in [5.41, 5.74) is 6.30. The van der Waals surface area contributed by atoms with Crippen molar-refractivity contribution in [1.82, 2.24) is 10.2 Å². The minimum atomic E-state index is -0.949. The van der Waals surface area contributed by atoms with E-state index >= 15 is 0 Å². The Labute approximate surface area is 187 Å². The summed E-state index contributed by atoms with van der Waals surface area (Å²) in [4.78, 5) is 38.4. The van der Waals surface area contributed by atoms with Gasteiger partial charge >= 0.3 is 12.2 Å². The molecule has 4 atom stereocenters. The first-order valence-electron chi connectivity index (χ1n) is 11.6. The van der Waals surface area contributed by atoms with E-state index < -0.39 is 17.6 Å². The zero-order valence-corrected chi connectivity index (χ0v) is 18.1. The van der Waals surface area contributed by atoms with Gasteiger partial charge in [0.05, 0.1) is 12.1 Å². The summed E-state index contributed by atoms with van der Waals surface area (Å²) in [5, 5.41) is 12.9. The highest BCUT2D eigenvalue weighted by Gasteiger charge is 2.61. The van der Waals surface area contributed by atoms with E-state index in [9.17, 15) is 19.5 Å². The van der Waals surface area contributed by atoms with Gasteiger partial charge in [0.1, 0.15) is 6.61 Å². The number of hydrogen-bond acceptors (Lipinski definition) is 4. The predicted molar refractivity (Wildman–Crippen MR) is 115 cm³/mol. The van der Waals surface area contributed by atoms with Gasteiger partial charge in [0, 0.05) is 12.0 Å². The minimum absolute atomic E-state index is 0.136. The molecule has 1 aromatic rings. The first kappa shape index (κ1) is 21.1. The number of hydrogen-bond donors (Lipinski definition) is 3. The van der Waals surface area contributed by atoms with Gasteiger partial charge in [0.25, 0.3) is 0 Å². The highest BCUT2D eigenvalue weighted by molar-refractivity contribution is 5.81. The Hall–Kier alpha value is -2.77. The van der Waals surface area contributed by atoms with Gasteiger partial charge in [-0.3, -0.25) is 4.79 Å². The number of alkyl carbamates (subject to hydrolysis) is 1. The molecular weight excluding hydrogens is 410 g/mol. The van der Waals surface area contributed by atoms with Crippen molar-refractivity contribution in [2.45, 2.75) is 57.2 Å². The number of ether oxygens (including phenoxy) is 1. The number of carbonyl (C=O) groups is 3. The molecule has 6 rings (SSSR count). The molecule has 4 saturated carbocycles. The maximum Gasteiger partial charge on any atom is 0.407 e. The number of benzene rings is 1. The number of nitrogens with two attached hydrogens (primary N) is 1. The third-order valence-corrected chi connectivity index (χ3v) is 8.48. The normalized spacial score (nSPS) is 37.3. The Kier molecular flexibility index (Phi) is 5.26. The summed E-state index contributed by atoms with van der Waals surface area (Å²) >= 11 is 0. The zero-order valence-electron chi connectivity index (χ0n) is 18.1. The summed E-state index contributed by atoms with van der Waals surface area (Å²) in [6.07, 6.45) is 3.51. The molecule has 1 aliphatic heterocycles. The summed E-state index contributed by atoms with van der Waals surface area (Å²) in [6.45, 7) is 0.564. The fraction of sp³-hybridized carbons (Fsp3) is 0.625. The molecule has 1 heterocycles. The van der Waals surface area contributed by atoms with Crippen molar-refractivity contribution in [2.24, 2.45) is 34.8 Å². The summed E-state index contributed by atoms with van der Waals surface area (Å²) in [5.74, 6) is 0.970. The molecule has 32 heavy (non-hydrogen) atoms. The first-order valence-corrected chi connectivity index (χ1v) is 11.6. The third kappa shape index (κ3) is 3.59. The Morgan fingerprint density at radius 1 is 1.12 bits per heavy atom. The number of nitrogens with zero attached hydrogens (tertiary/aromatic N) is 1. The molecule has 1 aromatic carbocycles. The van der Waals surface area contributed by atoms with Gasteiger partial charge in [0.15, 0.2) is 0 Å². The van der Waals surface area contributed by atoms with Gasteiger partial charge in [-0.15, -0.1) is 0 Å². The monoisotopic (exact) mass is 441 g/mol. The number of likely N-dealkylation sites (tertiary alicyclic amines) is 1. The second kappa shape index (κ2) is 7.98. The van der Waals surface area contributed by atoms with E-state index in [1.807, 2.05) is 30.3 Å². The Morgan fingerprint density at radius 3 is 2.44 bits per heavy atom. The lowest BCUT2D eigenvalue weighted by Crippen LogP contribution is -2.62. The fourth-order valence-electron chi connectivity index (χ4n) is 7.51. The molecule has 1 saturated heterocycles. The number of amides is 3. The largest absolute Gasteiger partial charge is 0.465 e. The molecule has 3 amide bonds. The summed E-state index contributed by atoms with van der Waals surface area (Å²) < 4.78 is 5.41. The molecule has 8 nitrogen and oxygen atoms in total. The molecule has 0 aromatic heterocycles. The molecule has 4 bridgehead atoms. The van der Waals surface area contributed by atoms with Gasteiger partial charge in [-0.1, -0.05) is 30.3 Å². The zero-order chi connectivity index (χ0) is 22.5. The van der Waals surface area contributed by atoms with Crippen molar-refractivity contribution in [2.75, 3.05) is 6.54 Å². The lowest BCUT2D eigenvalue weighted by molar-refractivity contribution is -0.154. The molecule has 172 valence electrons. The highest BCUT2D eigenvalue weighted by atomic mass is 16.5. The second-order valence-corrected chi connectivity index (χ2v) is 10.3. The lowest BCUT2D eigenvalue weighted by Gasteiger charge is -2.61. The average Bonchev–Trinajstić information content (AvgIpc) is 3.16. The molecule has 5 fully saturated rings. The molecule has 4 aliphatic carbocycles. The van der Waals surface area contributed by atoms with Gasteiger partial charge in [0.2, 0.25) is 5.91 Å². The predicted octanol–water partition coefficient (Wildman–Crippen LogP) is 2.96. The summed E-state index contributed by atoms with van der Waals surface area (Å²) in [7, 11) is 0. The fourth-order valence-corrected chi connectivity index (χ4v) is 7.51.